The van der Waals surface area contributed by atoms with Crippen LogP contribution in [0.2, 0.25) is 0 Å². The lowest BCUT2D eigenvalue weighted by Gasteiger charge is -2.32. The number of aryl methyl sites for hydroxylation is 1. The number of carbonyl (C=O) groups is 1. The molecular weight excluding hydrogens is 389 g/mol. The molecule has 3 rings (SSSR count). The van der Waals surface area contributed by atoms with E-state index in [0.29, 0.717) is 5.92 Å². The Bertz CT molecular complexity index is 691. The Morgan fingerprint density at radius 3 is 2.73 bits per heavy atom. The first kappa shape index (κ1) is 22.9. The Morgan fingerprint density at radius 2 is 2.04 bits per heavy atom. The first-order chi connectivity index (χ1) is 11.7. The van der Waals surface area contributed by atoms with E-state index in [9.17, 15) is 4.79 Å². The van der Waals surface area contributed by atoms with Crippen molar-refractivity contribution >= 4 is 42.1 Å². The van der Waals surface area contributed by atoms with Gasteiger partial charge in [-0.15, -0.1) is 36.2 Å². The van der Waals surface area contributed by atoms with E-state index in [1.165, 1.54) is 12.0 Å². The van der Waals surface area contributed by atoms with Gasteiger partial charge in [-0.3, -0.25) is 4.79 Å². The van der Waals surface area contributed by atoms with Crippen molar-refractivity contribution in [1.82, 2.24) is 15.2 Å². The van der Waals surface area contributed by atoms with Crippen molar-refractivity contribution in [3.8, 4) is 0 Å². The third kappa shape index (κ3) is 5.68. The van der Waals surface area contributed by atoms with Gasteiger partial charge in [0.25, 0.3) is 5.91 Å². The van der Waals surface area contributed by atoms with Gasteiger partial charge < -0.3 is 10.2 Å². The van der Waals surface area contributed by atoms with Crippen molar-refractivity contribution in [3.63, 3.8) is 0 Å². The fourth-order valence-electron chi connectivity index (χ4n) is 3.35. The van der Waals surface area contributed by atoms with E-state index in [1.807, 2.05) is 37.1 Å². The second kappa shape index (κ2) is 10.9. The molecule has 1 fully saturated rings. The number of amides is 1. The molecule has 1 aliphatic rings. The quantitative estimate of drug-likeness (QED) is 0.803. The highest BCUT2D eigenvalue weighted by Crippen LogP contribution is 2.25. The number of nitrogens with zero attached hydrogens (tertiary/aromatic N) is 2. The summed E-state index contributed by atoms with van der Waals surface area (Å²) in [7, 11) is 1.98. The summed E-state index contributed by atoms with van der Waals surface area (Å²) < 4.78 is 0. The Hall–Kier alpha value is -1.14. The average Bonchev–Trinajstić information content (AvgIpc) is 2.96. The molecule has 7 heteroatoms. The predicted molar refractivity (Wildman–Crippen MR) is 113 cm³/mol. The number of carbonyl (C=O) groups excluding carboxylic acids is 1. The zero-order valence-electron chi connectivity index (χ0n) is 15.2. The molecule has 0 radical (unpaired) electrons. The Labute approximate surface area is 172 Å². The normalized spacial score (nSPS) is 16.5. The molecule has 1 aromatic carbocycles. The van der Waals surface area contributed by atoms with Crippen molar-refractivity contribution in [2.24, 2.45) is 5.92 Å². The van der Waals surface area contributed by atoms with Gasteiger partial charge in [0.1, 0.15) is 4.88 Å². The number of aromatic nitrogens is 1. The van der Waals surface area contributed by atoms with Crippen molar-refractivity contribution in [1.29, 1.82) is 0 Å². The number of benzene rings is 1. The molecule has 1 atom stereocenters. The maximum absolute atomic E-state index is 12.9. The van der Waals surface area contributed by atoms with Gasteiger partial charge in [-0.05, 0) is 44.8 Å². The van der Waals surface area contributed by atoms with Gasteiger partial charge in [-0.1, -0.05) is 30.3 Å². The highest BCUT2D eigenvalue weighted by atomic mass is 35.5. The van der Waals surface area contributed by atoms with Crippen molar-refractivity contribution in [3.05, 3.63) is 51.5 Å². The van der Waals surface area contributed by atoms with Gasteiger partial charge in [-0.2, -0.15) is 0 Å². The van der Waals surface area contributed by atoms with Crippen molar-refractivity contribution in [2.45, 2.75) is 26.2 Å². The molecule has 1 saturated heterocycles. The second-order valence-electron chi connectivity index (χ2n) is 6.50. The summed E-state index contributed by atoms with van der Waals surface area (Å²) in [6.07, 6.45) is 3.08. The lowest BCUT2D eigenvalue weighted by Crippen LogP contribution is -2.42. The maximum Gasteiger partial charge on any atom is 0.265 e. The molecule has 26 heavy (non-hydrogen) atoms. The van der Waals surface area contributed by atoms with Crippen LogP contribution in [0.15, 0.2) is 30.3 Å². The van der Waals surface area contributed by atoms with Crippen molar-refractivity contribution in [2.75, 3.05) is 26.7 Å². The van der Waals surface area contributed by atoms with Crippen LogP contribution in [0.25, 0.3) is 0 Å². The fraction of sp³-hybridized carbons (Fsp3) is 0.474. The molecule has 0 aliphatic carbocycles. The van der Waals surface area contributed by atoms with Crippen molar-refractivity contribution < 1.29 is 4.79 Å². The van der Waals surface area contributed by atoms with E-state index in [-0.39, 0.29) is 30.7 Å². The van der Waals surface area contributed by atoms with Gasteiger partial charge in [-0.25, -0.2) is 4.98 Å². The van der Waals surface area contributed by atoms with Crippen LogP contribution in [0.5, 0.6) is 0 Å². The van der Waals surface area contributed by atoms with Crippen LogP contribution in [0.1, 0.15) is 38.8 Å². The molecule has 2 heterocycles. The summed E-state index contributed by atoms with van der Waals surface area (Å²) >= 11 is 1.55. The number of hydrogen-bond acceptors (Lipinski definition) is 4. The molecule has 144 valence electrons. The molecule has 0 saturated carbocycles. The topological polar surface area (TPSA) is 45.2 Å². The minimum absolute atomic E-state index is 0. The summed E-state index contributed by atoms with van der Waals surface area (Å²) in [5.74, 6) is 0.717. The smallest absolute Gasteiger partial charge is 0.265 e. The summed E-state index contributed by atoms with van der Waals surface area (Å²) in [6, 6.07) is 10.3. The summed E-state index contributed by atoms with van der Waals surface area (Å²) in [5.41, 5.74) is 2.10. The second-order valence-corrected chi connectivity index (χ2v) is 7.59. The van der Waals surface area contributed by atoms with Gasteiger partial charge in [0.05, 0.1) is 10.7 Å². The maximum atomic E-state index is 12.9. The van der Waals surface area contributed by atoms with Gasteiger partial charge in [0, 0.05) is 19.5 Å². The Morgan fingerprint density at radius 1 is 1.31 bits per heavy atom. The van der Waals surface area contributed by atoms with Crippen LogP contribution >= 0.6 is 36.2 Å². The molecular formula is C19H27Cl2N3OS. The highest BCUT2D eigenvalue weighted by Gasteiger charge is 2.26. The summed E-state index contributed by atoms with van der Waals surface area (Å²) in [4.78, 5) is 20.4. The number of piperidine rings is 1. The Balaban J connectivity index is 0.00000169. The molecule has 1 amide bonds. The zero-order valence-corrected chi connectivity index (χ0v) is 17.7. The SMILES string of the molecule is CNCC1CCCN(C(=O)c2sc(Cc3ccccc3)nc2C)C1.Cl.Cl. The monoisotopic (exact) mass is 415 g/mol. The van der Waals surface area contributed by atoms with E-state index in [2.05, 4.69) is 22.4 Å². The first-order valence-electron chi connectivity index (χ1n) is 8.61. The number of thiazole rings is 1. The summed E-state index contributed by atoms with van der Waals surface area (Å²) in [6.45, 7) is 4.65. The molecule has 0 spiro atoms. The van der Waals surface area contributed by atoms with E-state index in [4.69, 9.17) is 0 Å². The Kier molecular flexibility index (Phi) is 9.58. The molecule has 1 unspecified atom stereocenters. The first-order valence-corrected chi connectivity index (χ1v) is 9.43. The number of nitrogens with one attached hydrogen (secondary N) is 1. The van der Waals surface area contributed by atoms with Crippen LogP contribution in [-0.4, -0.2) is 42.5 Å². The third-order valence-electron chi connectivity index (χ3n) is 4.53. The van der Waals surface area contributed by atoms with Crippen LogP contribution in [0.3, 0.4) is 0 Å². The van der Waals surface area contributed by atoms with Crippen LogP contribution in [0, 0.1) is 12.8 Å². The fourth-order valence-corrected chi connectivity index (χ4v) is 4.41. The molecule has 1 aromatic heterocycles. The number of likely N-dealkylation sites (tertiary alicyclic amines) is 1. The van der Waals surface area contributed by atoms with Gasteiger partial charge in [0.15, 0.2) is 0 Å². The summed E-state index contributed by atoms with van der Waals surface area (Å²) in [5, 5.41) is 4.25. The molecule has 0 bridgehead atoms. The lowest BCUT2D eigenvalue weighted by molar-refractivity contribution is 0.0678. The van der Waals surface area contributed by atoms with E-state index in [0.717, 1.165) is 48.1 Å². The zero-order chi connectivity index (χ0) is 16.9. The van der Waals surface area contributed by atoms with E-state index >= 15 is 0 Å². The van der Waals surface area contributed by atoms with Crippen LogP contribution in [0.4, 0.5) is 0 Å². The van der Waals surface area contributed by atoms with Crippen LogP contribution < -0.4 is 5.32 Å². The molecule has 1 N–H and O–H groups in total. The highest BCUT2D eigenvalue weighted by molar-refractivity contribution is 7.13. The lowest BCUT2D eigenvalue weighted by atomic mass is 9.98. The number of rotatable bonds is 5. The predicted octanol–water partition coefficient (Wildman–Crippen LogP) is 3.96. The molecule has 2 aromatic rings. The van der Waals surface area contributed by atoms with E-state index < -0.39 is 0 Å². The standard InChI is InChI=1S/C19H25N3OS.2ClH/c1-14-18(19(23)22-10-6-9-16(13-22)12-20-2)24-17(21-14)11-15-7-4-3-5-8-15;;/h3-5,7-8,16,20H,6,9-13H2,1-2H3;2*1H. The van der Waals surface area contributed by atoms with Gasteiger partial charge >= 0.3 is 0 Å². The largest absolute Gasteiger partial charge is 0.338 e. The minimum Gasteiger partial charge on any atom is -0.338 e. The molecule has 1 aliphatic heterocycles. The third-order valence-corrected chi connectivity index (χ3v) is 5.68. The van der Waals surface area contributed by atoms with E-state index in [1.54, 1.807) is 11.3 Å². The molecule has 4 nitrogen and oxygen atoms in total. The van der Waals surface area contributed by atoms with Crippen LogP contribution in [-0.2, 0) is 6.42 Å². The number of halogens is 2. The average molecular weight is 416 g/mol. The number of hydrogen-bond donors (Lipinski definition) is 1. The van der Waals surface area contributed by atoms with Gasteiger partial charge in [0.2, 0.25) is 0 Å². The minimum atomic E-state index is 0.